The van der Waals surface area contributed by atoms with E-state index in [-0.39, 0.29) is 17.9 Å². The summed E-state index contributed by atoms with van der Waals surface area (Å²) in [4.78, 5) is 41.8. The van der Waals surface area contributed by atoms with Crippen LogP contribution in [0.1, 0.15) is 54.2 Å². The van der Waals surface area contributed by atoms with Crippen molar-refractivity contribution >= 4 is 57.9 Å². The Morgan fingerprint density at radius 3 is 2.05 bits per heavy atom. The first-order chi connectivity index (χ1) is 26.6. The van der Waals surface area contributed by atoms with Gasteiger partial charge in [0.2, 0.25) is 5.91 Å². The molecule has 10 heteroatoms. The van der Waals surface area contributed by atoms with Crippen molar-refractivity contribution in [3.63, 3.8) is 0 Å². The maximum absolute atomic E-state index is 14.0. The van der Waals surface area contributed by atoms with Gasteiger partial charge in [0.15, 0.2) is 0 Å². The second-order valence-electron chi connectivity index (χ2n) is 14.6. The topological polar surface area (TPSA) is 99.8 Å². The van der Waals surface area contributed by atoms with Crippen LogP contribution in [0.3, 0.4) is 0 Å². The fourth-order valence-corrected chi connectivity index (χ4v) is 9.09. The highest BCUT2D eigenvalue weighted by Gasteiger charge is 2.38. The molecule has 6 rings (SSSR count). The van der Waals surface area contributed by atoms with Gasteiger partial charge >= 0.3 is 6.09 Å². The van der Waals surface area contributed by atoms with Gasteiger partial charge in [-0.15, -0.1) is 11.8 Å². The van der Waals surface area contributed by atoms with Crippen molar-refractivity contribution in [2.45, 2.75) is 49.6 Å². The molecule has 0 spiro atoms. The van der Waals surface area contributed by atoms with E-state index in [1.807, 2.05) is 81.6 Å². The molecule has 5 aromatic rings. The van der Waals surface area contributed by atoms with Crippen LogP contribution in [-0.2, 0) is 14.3 Å². The number of carbonyl (C=O) groups is 3. The summed E-state index contributed by atoms with van der Waals surface area (Å²) >= 11 is 3.44. The number of fused-ring (bicyclic) bond motifs is 1. The van der Waals surface area contributed by atoms with Crippen LogP contribution in [0.25, 0.3) is 10.8 Å². The molecule has 0 radical (unpaired) electrons. The number of rotatable bonds is 14. The number of anilines is 1. The van der Waals surface area contributed by atoms with Gasteiger partial charge < -0.3 is 25.6 Å². The van der Waals surface area contributed by atoms with Gasteiger partial charge in [0, 0.05) is 36.6 Å². The monoisotopic (exact) mass is 774 g/mol. The van der Waals surface area contributed by atoms with E-state index in [1.54, 1.807) is 28.4 Å². The lowest BCUT2D eigenvalue weighted by atomic mass is 9.84. The van der Waals surface area contributed by atoms with E-state index in [0.29, 0.717) is 37.4 Å². The maximum atomic E-state index is 14.0. The van der Waals surface area contributed by atoms with E-state index in [2.05, 4.69) is 88.7 Å². The number of thioether (sulfide) groups is 2. The lowest BCUT2D eigenvalue weighted by molar-refractivity contribution is -0.127. The van der Waals surface area contributed by atoms with Gasteiger partial charge in [-0.2, -0.15) is 11.8 Å². The third kappa shape index (κ3) is 9.66. The molecule has 0 bridgehead atoms. The summed E-state index contributed by atoms with van der Waals surface area (Å²) in [7, 11) is 0. The Hall–Kier alpha value is -4.93. The fraction of sp³-hybridized carbons (Fsp3) is 0.311. The molecule has 5 aromatic carbocycles. The minimum atomic E-state index is -0.655. The zero-order chi connectivity index (χ0) is 38.8. The Bertz CT molecular complexity index is 1960. The highest BCUT2D eigenvalue weighted by Crippen LogP contribution is 2.48. The second kappa shape index (κ2) is 18.1. The lowest BCUT2D eigenvalue weighted by Crippen LogP contribution is -2.57. The van der Waals surface area contributed by atoms with Crippen molar-refractivity contribution in [1.82, 2.24) is 15.5 Å². The molecule has 8 nitrogen and oxygen atoms in total. The minimum Gasteiger partial charge on any atom is -0.444 e. The molecule has 286 valence electrons. The van der Waals surface area contributed by atoms with Crippen LogP contribution in [0.15, 0.2) is 127 Å². The van der Waals surface area contributed by atoms with Crippen LogP contribution in [0.2, 0.25) is 0 Å². The Morgan fingerprint density at radius 2 is 1.47 bits per heavy atom. The van der Waals surface area contributed by atoms with E-state index in [1.165, 1.54) is 0 Å². The molecular weight excluding hydrogens is 725 g/mol. The van der Waals surface area contributed by atoms with Crippen LogP contribution in [0.4, 0.5) is 10.5 Å². The van der Waals surface area contributed by atoms with Gasteiger partial charge in [-0.05, 0) is 84.9 Å². The number of carbonyl (C=O) groups excluding carboxylic acids is 3. The number of benzene rings is 5. The number of hydrogen-bond acceptors (Lipinski definition) is 7. The third-order valence-electron chi connectivity index (χ3n) is 9.61. The molecule has 3 amide bonds. The van der Waals surface area contributed by atoms with Gasteiger partial charge in [0.1, 0.15) is 11.6 Å². The summed E-state index contributed by atoms with van der Waals surface area (Å²) in [5, 5.41) is 11.4. The van der Waals surface area contributed by atoms with Crippen molar-refractivity contribution in [1.29, 1.82) is 0 Å². The summed E-state index contributed by atoms with van der Waals surface area (Å²) in [5.41, 5.74) is 4.20. The molecule has 1 aliphatic heterocycles. The molecule has 3 N–H and O–H groups in total. The Labute approximate surface area is 333 Å². The predicted molar refractivity (Wildman–Crippen MR) is 228 cm³/mol. The number of piperazine rings is 1. The normalized spacial score (nSPS) is 15.2. The highest BCUT2D eigenvalue weighted by molar-refractivity contribution is 8.00. The molecule has 1 fully saturated rings. The quantitative estimate of drug-likeness (QED) is 0.0973. The Morgan fingerprint density at radius 1 is 0.855 bits per heavy atom. The van der Waals surface area contributed by atoms with Gasteiger partial charge in [0.25, 0.3) is 5.91 Å². The summed E-state index contributed by atoms with van der Waals surface area (Å²) in [6.07, 6.45) is 2.14. The van der Waals surface area contributed by atoms with Crippen LogP contribution in [0, 0.1) is 0 Å². The van der Waals surface area contributed by atoms with E-state index < -0.39 is 22.5 Å². The predicted octanol–water partition coefficient (Wildman–Crippen LogP) is 8.56. The molecule has 0 saturated carbocycles. The van der Waals surface area contributed by atoms with Gasteiger partial charge in [-0.25, -0.2) is 4.79 Å². The number of amides is 3. The van der Waals surface area contributed by atoms with E-state index in [9.17, 15) is 14.4 Å². The van der Waals surface area contributed by atoms with Crippen molar-refractivity contribution in [3.8, 4) is 0 Å². The van der Waals surface area contributed by atoms with Crippen molar-refractivity contribution in [2.75, 3.05) is 42.7 Å². The average molecular weight is 775 g/mol. The number of nitrogens with zero attached hydrogens (tertiary/aromatic N) is 1. The number of ether oxygens (including phenoxy) is 1. The zero-order valence-electron chi connectivity index (χ0n) is 31.9. The molecule has 2 atom stereocenters. The number of alkyl carbamates (subject to hydrolysis) is 1. The second-order valence-corrected chi connectivity index (χ2v) is 16.9. The van der Waals surface area contributed by atoms with Crippen LogP contribution in [0.5, 0.6) is 0 Å². The first-order valence-corrected chi connectivity index (χ1v) is 21.1. The van der Waals surface area contributed by atoms with Crippen LogP contribution >= 0.6 is 23.5 Å². The smallest absolute Gasteiger partial charge is 0.407 e. The molecule has 0 unspecified atom stereocenters. The number of hydrogen-bond donors (Lipinski definition) is 3. The van der Waals surface area contributed by atoms with E-state index >= 15 is 0 Å². The summed E-state index contributed by atoms with van der Waals surface area (Å²) < 4.78 is 5.17. The Kier molecular flexibility index (Phi) is 13.1. The van der Waals surface area contributed by atoms with Gasteiger partial charge in [-0.1, -0.05) is 109 Å². The average Bonchev–Trinajstić information content (AvgIpc) is 3.19. The number of nitrogens with one attached hydrogen (secondary N) is 3. The highest BCUT2D eigenvalue weighted by atomic mass is 32.2. The van der Waals surface area contributed by atoms with Gasteiger partial charge in [-0.3, -0.25) is 9.59 Å². The molecule has 55 heavy (non-hydrogen) atoms. The lowest BCUT2D eigenvalue weighted by Gasteiger charge is -2.37. The molecular formula is C45H50N4O4S2. The standard InChI is InChI=1S/C45H50N4O4S2/c1-44(2,3)53-43(52)48-37(31-55-45(33-16-8-5-9-17-33,34-18-10-6-11-19-34)35-20-12-7-13-21-35)30-47-36-23-24-38-32(29-36)15-14-22-39(38)42(51)49-27-26-46-41(50)40(49)25-28-54-4/h5-24,29,37,40,47H,25-28,30-31H2,1-4H3,(H,46,50)(H,48,52)/t37-,40+/m1/s1. The van der Waals surface area contributed by atoms with Crippen molar-refractivity contribution < 1.29 is 19.1 Å². The minimum absolute atomic E-state index is 0.0957. The molecule has 0 aromatic heterocycles. The van der Waals surface area contributed by atoms with Crippen molar-refractivity contribution in [2.24, 2.45) is 0 Å². The SMILES string of the molecule is CSCC[C@H]1C(=O)NCCN1C(=O)c1cccc2cc(NC[C@H](CSC(c3ccccc3)(c3ccccc3)c3ccccc3)NC(=O)OC(C)(C)C)ccc12. The van der Waals surface area contributed by atoms with Crippen molar-refractivity contribution in [3.05, 3.63) is 150 Å². The zero-order valence-corrected chi connectivity index (χ0v) is 33.6. The summed E-state index contributed by atoms with van der Waals surface area (Å²) in [6.45, 7) is 6.92. The largest absolute Gasteiger partial charge is 0.444 e. The van der Waals surface area contributed by atoms with Crippen LogP contribution in [-0.4, -0.2) is 77.9 Å². The van der Waals surface area contributed by atoms with Gasteiger partial charge in [0.05, 0.1) is 10.8 Å². The first kappa shape index (κ1) is 39.8. The third-order valence-corrected chi connectivity index (χ3v) is 12.0. The Balaban J connectivity index is 1.28. The molecule has 1 aliphatic rings. The molecule has 1 heterocycles. The van der Waals surface area contributed by atoms with E-state index in [0.717, 1.165) is 38.9 Å². The fourth-order valence-electron chi connectivity index (χ4n) is 7.07. The van der Waals surface area contributed by atoms with E-state index in [4.69, 9.17) is 4.74 Å². The maximum Gasteiger partial charge on any atom is 0.407 e. The van der Waals surface area contributed by atoms with Crippen LogP contribution < -0.4 is 16.0 Å². The summed E-state index contributed by atoms with van der Waals surface area (Å²) in [5.74, 6) is 1.12. The first-order valence-electron chi connectivity index (χ1n) is 18.7. The molecule has 0 aliphatic carbocycles. The summed E-state index contributed by atoms with van der Waals surface area (Å²) in [6, 6.07) is 42.4. The molecule has 1 saturated heterocycles.